The number of H-pyrrole nitrogens is 1. The molecule has 0 saturated heterocycles. The topological polar surface area (TPSA) is 15.8 Å². The van der Waals surface area contributed by atoms with Gasteiger partial charge in [0.2, 0.25) is 0 Å². The van der Waals surface area contributed by atoms with Crippen LogP contribution in [0.2, 0.25) is 0 Å². The van der Waals surface area contributed by atoms with E-state index in [-0.39, 0.29) is 24.8 Å². The van der Waals surface area contributed by atoms with Crippen molar-refractivity contribution in [3.05, 3.63) is 67.0 Å². The molecule has 1 aromatic heterocycles. The summed E-state index contributed by atoms with van der Waals surface area (Å²) in [6.07, 6.45) is 4.56. The van der Waals surface area contributed by atoms with Gasteiger partial charge >= 0.3 is 37.6 Å². The van der Waals surface area contributed by atoms with E-state index in [1.807, 2.05) is 18.3 Å². The fourth-order valence-electron chi connectivity index (χ4n) is 1.31. The predicted octanol–water partition coefficient (Wildman–Crippen LogP) is -1.87. The molecule has 0 aliphatic heterocycles. The summed E-state index contributed by atoms with van der Waals surface area (Å²) >= 11 is 2.08. The van der Waals surface area contributed by atoms with Gasteiger partial charge in [-0.15, -0.1) is 35.8 Å². The third kappa shape index (κ3) is 10.1. The van der Waals surface area contributed by atoms with E-state index in [4.69, 9.17) is 0 Å². The maximum absolute atomic E-state index is 2.74. The van der Waals surface area contributed by atoms with Gasteiger partial charge in [-0.2, -0.15) is 35.8 Å². The summed E-state index contributed by atoms with van der Waals surface area (Å²) in [5, 5.41) is 2.66. The quantitative estimate of drug-likeness (QED) is 0.364. The fraction of sp³-hybridized carbons (Fsp3) is 0.125. The number of halogens is 2. The van der Waals surface area contributed by atoms with Crippen LogP contribution < -0.4 is 24.8 Å². The molecule has 0 aliphatic rings. The Morgan fingerprint density at radius 2 is 1.75 bits per heavy atom. The largest absolute Gasteiger partial charge is 1.00 e. The van der Waals surface area contributed by atoms with Crippen molar-refractivity contribution in [1.82, 2.24) is 4.98 Å². The molecule has 20 heavy (non-hydrogen) atoms. The first-order valence-electron chi connectivity index (χ1n) is 5.82. The van der Waals surface area contributed by atoms with Gasteiger partial charge in [0, 0.05) is 0 Å². The van der Waals surface area contributed by atoms with Crippen LogP contribution in [0.5, 0.6) is 0 Å². The molecule has 0 radical (unpaired) electrons. The molecule has 1 nitrogen and oxygen atoms in total. The smallest absolute Gasteiger partial charge is 0.0809 e. The molecular weight excluding hydrogens is 325 g/mol. The third-order valence-electron chi connectivity index (χ3n) is 1.99. The molecule has 0 fully saturated rings. The Bertz CT molecular complexity index is 507. The van der Waals surface area contributed by atoms with Crippen molar-refractivity contribution in [3.63, 3.8) is 0 Å². The minimum Gasteiger partial charge on any atom is -1.00 e. The molecule has 0 aliphatic carbocycles. The second kappa shape index (κ2) is 13.3. The third-order valence-corrected chi connectivity index (χ3v) is 1.99. The first kappa shape index (κ1) is 21.6. The SMILES string of the molecule is C[C](C)=[Ti+2].[Cl-].[Cl-].[c-]1ccc[nH]1.c1ccc2[cH-]ccc2c1. The van der Waals surface area contributed by atoms with Crippen LogP contribution in [-0.2, 0) is 20.0 Å². The molecule has 3 rings (SSSR count). The average molecular weight is 342 g/mol. The summed E-state index contributed by atoms with van der Waals surface area (Å²) in [4.78, 5) is 2.74. The van der Waals surface area contributed by atoms with Crippen LogP contribution in [0, 0.1) is 6.20 Å². The van der Waals surface area contributed by atoms with Gasteiger partial charge in [0.05, 0.1) is 0 Å². The van der Waals surface area contributed by atoms with Crippen LogP contribution in [0.4, 0.5) is 0 Å². The van der Waals surface area contributed by atoms with Crippen LogP contribution in [0.1, 0.15) is 13.8 Å². The van der Waals surface area contributed by atoms with Gasteiger partial charge in [-0.1, -0.05) is 6.07 Å². The molecule has 0 atom stereocenters. The Morgan fingerprint density at radius 3 is 2.20 bits per heavy atom. The second-order valence-electron chi connectivity index (χ2n) is 3.97. The minimum atomic E-state index is 0. The molecule has 1 N–H and O–H groups in total. The zero-order chi connectivity index (χ0) is 13.2. The van der Waals surface area contributed by atoms with Crippen molar-refractivity contribution in [3.8, 4) is 0 Å². The number of rotatable bonds is 0. The van der Waals surface area contributed by atoms with Gasteiger partial charge in [-0.25, -0.2) is 0 Å². The number of fused-ring (bicyclic) bond motifs is 1. The van der Waals surface area contributed by atoms with Gasteiger partial charge in [-0.05, 0) is 0 Å². The molecule has 2 aromatic carbocycles. The van der Waals surface area contributed by atoms with E-state index in [9.17, 15) is 0 Å². The minimum absolute atomic E-state index is 0. The monoisotopic (exact) mass is 341 g/mol. The average Bonchev–Trinajstić information content (AvgIpc) is 3.03. The Labute approximate surface area is 144 Å². The Hall–Kier alpha value is -0.726. The molecule has 4 heteroatoms. The van der Waals surface area contributed by atoms with Crippen molar-refractivity contribution in [1.29, 1.82) is 0 Å². The van der Waals surface area contributed by atoms with Gasteiger partial charge in [-0.3, -0.25) is 0 Å². The first-order valence-corrected chi connectivity index (χ1v) is 6.60. The van der Waals surface area contributed by atoms with E-state index >= 15 is 0 Å². The zero-order valence-electron chi connectivity index (χ0n) is 11.5. The molecule has 1 heterocycles. The maximum atomic E-state index is 2.74. The number of nitrogens with one attached hydrogen (secondary N) is 1. The fourth-order valence-corrected chi connectivity index (χ4v) is 1.31. The number of aromatic amines is 1. The summed E-state index contributed by atoms with van der Waals surface area (Å²) in [5.41, 5.74) is 0. The summed E-state index contributed by atoms with van der Waals surface area (Å²) < 4.78 is 1.42. The summed E-state index contributed by atoms with van der Waals surface area (Å²) in [7, 11) is 0. The molecule has 0 amide bonds. The van der Waals surface area contributed by atoms with Crippen LogP contribution in [0.3, 0.4) is 0 Å². The van der Waals surface area contributed by atoms with E-state index in [2.05, 4.69) is 87.5 Å². The number of benzene rings is 1. The van der Waals surface area contributed by atoms with Crippen LogP contribution in [0.25, 0.3) is 10.8 Å². The van der Waals surface area contributed by atoms with Gasteiger partial charge in [0.15, 0.2) is 0 Å². The standard InChI is InChI=1S/C9H7.C4H4N.C3H6.2ClH.Ti/c1-2-5-9-7-3-6-8(9)4-1;1-2-4-5-3-1;1-3-2;;;/h1-7H;1-3,5H;1-2H3;2*1H;/q2*-1;;;;+2/p-2. The summed E-state index contributed by atoms with van der Waals surface area (Å²) in [5.74, 6) is 0. The zero-order valence-corrected chi connectivity index (χ0v) is 14.6. The van der Waals surface area contributed by atoms with E-state index in [1.165, 1.54) is 14.6 Å². The van der Waals surface area contributed by atoms with Crippen molar-refractivity contribution in [2.24, 2.45) is 0 Å². The normalized spacial score (nSPS) is 8.00. The van der Waals surface area contributed by atoms with Gasteiger partial charge in [0.1, 0.15) is 0 Å². The van der Waals surface area contributed by atoms with Crippen molar-refractivity contribution in [2.45, 2.75) is 13.8 Å². The van der Waals surface area contributed by atoms with Crippen LogP contribution in [-0.4, -0.2) is 8.80 Å². The molecule has 0 bridgehead atoms. The summed E-state index contributed by atoms with van der Waals surface area (Å²) in [6, 6.07) is 18.4. The van der Waals surface area contributed by atoms with E-state index in [0.29, 0.717) is 0 Å². The predicted molar refractivity (Wildman–Crippen MR) is 75.5 cm³/mol. The Morgan fingerprint density at radius 1 is 1.10 bits per heavy atom. The van der Waals surface area contributed by atoms with Crippen molar-refractivity contribution < 1.29 is 44.8 Å². The van der Waals surface area contributed by atoms with Gasteiger partial charge < -0.3 is 29.8 Å². The van der Waals surface area contributed by atoms with E-state index in [0.717, 1.165) is 0 Å². The summed E-state index contributed by atoms with van der Waals surface area (Å²) in [6.45, 7) is 4.17. The van der Waals surface area contributed by atoms with Crippen LogP contribution >= 0.6 is 0 Å². The molecule has 0 unspecified atom stereocenters. The van der Waals surface area contributed by atoms with Crippen molar-refractivity contribution in [2.75, 3.05) is 0 Å². The molecule has 106 valence electrons. The Balaban J connectivity index is 0. The maximum Gasteiger partial charge on any atom is -0.0809 e. The number of aromatic nitrogens is 1. The molecule has 0 saturated carbocycles. The molecular formula is C16H17Cl2NTi-2. The first-order chi connectivity index (χ1) is 8.70. The van der Waals surface area contributed by atoms with Crippen LogP contribution in [0.15, 0.2) is 60.8 Å². The Kier molecular flexibility index (Phi) is 14.3. The number of hydrogen-bond donors (Lipinski definition) is 1. The van der Waals surface area contributed by atoms with Gasteiger partial charge in [0.25, 0.3) is 0 Å². The number of hydrogen-bond acceptors (Lipinski definition) is 0. The van der Waals surface area contributed by atoms with Crippen molar-refractivity contribution >= 4 is 14.6 Å². The second-order valence-corrected chi connectivity index (χ2v) is 5.53. The van der Waals surface area contributed by atoms with E-state index in [1.54, 1.807) is 0 Å². The molecule has 3 aromatic rings. The van der Waals surface area contributed by atoms with E-state index < -0.39 is 0 Å². The molecule has 0 spiro atoms.